The zero-order chi connectivity index (χ0) is 41.0. The van der Waals surface area contributed by atoms with Crippen molar-refractivity contribution in [3.63, 3.8) is 0 Å². The third kappa shape index (κ3) is 8.14. The van der Waals surface area contributed by atoms with Crippen molar-refractivity contribution < 1.29 is 19.5 Å². The zero-order valence-corrected chi connectivity index (χ0v) is 33.7. The Bertz CT molecular complexity index is 2410. The molecule has 0 aliphatic carbocycles. The molecule has 0 radical (unpaired) electrons. The third-order valence-electron chi connectivity index (χ3n) is 12.6. The molecule has 306 valence electrons. The van der Waals surface area contributed by atoms with E-state index in [4.69, 9.17) is 9.97 Å². The van der Waals surface area contributed by atoms with Gasteiger partial charge in [0.25, 0.3) is 0 Å². The molecule has 2 amide bonds. The second-order valence-corrected chi connectivity index (χ2v) is 16.4. The van der Waals surface area contributed by atoms with E-state index >= 15 is 0 Å². The summed E-state index contributed by atoms with van der Waals surface area (Å²) in [5.41, 5.74) is 7.73. The van der Waals surface area contributed by atoms with Crippen LogP contribution in [0.15, 0.2) is 122 Å². The highest BCUT2D eigenvalue weighted by Gasteiger charge is 2.39. The Hall–Kier alpha value is -6.33. The van der Waals surface area contributed by atoms with Gasteiger partial charge in [-0.2, -0.15) is 0 Å². The highest BCUT2D eigenvalue weighted by molar-refractivity contribution is 5.88. The number of rotatable bonds is 12. The number of hydrogen-bond acceptors (Lipinski definition) is 6. The monoisotopic (exact) mass is 801 g/mol. The summed E-state index contributed by atoms with van der Waals surface area (Å²) < 4.78 is 0. The van der Waals surface area contributed by atoms with Crippen LogP contribution >= 0.6 is 0 Å². The van der Waals surface area contributed by atoms with Gasteiger partial charge < -0.3 is 24.9 Å². The van der Waals surface area contributed by atoms with Gasteiger partial charge in [-0.15, -0.1) is 0 Å². The molecule has 4 aromatic carbocycles. The molecule has 9 rings (SSSR count). The number of imidazole rings is 2. The fourth-order valence-electron chi connectivity index (χ4n) is 9.51. The summed E-state index contributed by atoms with van der Waals surface area (Å²) in [6.07, 6.45) is 10.3. The minimum Gasteiger partial charge on any atom is -0.481 e. The van der Waals surface area contributed by atoms with Gasteiger partial charge in [0.2, 0.25) is 11.8 Å². The van der Waals surface area contributed by atoms with Crippen LogP contribution in [0.2, 0.25) is 0 Å². The molecule has 11 nitrogen and oxygen atoms in total. The molecule has 0 spiro atoms. The second kappa shape index (κ2) is 17.5. The van der Waals surface area contributed by atoms with Gasteiger partial charge in [0.1, 0.15) is 17.7 Å². The summed E-state index contributed by atoms with van der Waals surface area (Å²) >= 11 is 0. The molecular formula is C49H51N7O4. The largest absolute Gasteiger partial charge is 0.481 e. The van der Waals surface area contributed by atoms with Crippen LogP contribution in [0.25, 0.3) is 33.6 Å². The number of amides is 2. The number of carboxylic acids is 1. The highest BCUT2D eigenvalue weighted by Crippen LogP contribution is 2.38. The molecule has 0 unspecified atom stereocenters. The number of nitrogens with one attached hydrogen (secondary N) is 2. The number of aliphatic carboxylic acids is 1. The van der Waals surface area contributed by atoms with E-state index < -0.39 is 11.9 Å². The van der Waals surface area contributed by atoms with Gasteiger partial charge >= 0.3 is 5.97 Å². The number of likely N-dealkylation sites (tertiary alicyclic amines) is 3. The smallest absolute Gasteiger partial charge is 0.304 e. The van der Waals surface area contributed by atoms with E-state index in [9.17, 15) is 19.5 Å². The van der Waals surface area contributed by atoms with Gasteiger partial charge in [-0.05, 0) is 85.0 Å². The average Bonchev–Trinajstić information content (AvgIpc) is 4.14. The molecule has 0 bridgehead atoms. The summed E-state index contributed by atoms with van der Waals surface area (Å²) in [4.78, 5) is 62.7. The summed E-state index contributed by atoms with van der Waals surface area (Å²) in [6.45, 7) is 3.18. The van der Waals surface area contributed by atoms with Gasteiger partial charge in [-0.25, -0.2) is 9.97 Å². The molecule has 5 heterocycles. The number of hydrogen-bond donors (Lipinski definition) is 3. The lowest BCUT2D eigenvalue weighted by atomic mass is 9.94. The summed E-state index contributed by atoms with van der Waals surface area (Å²) in [6, 6.07) is 35.6. The first kappa shape index (κ1) is 39.1. The van der Waals surface area contributed by atoms with Crippen molar-refractivity contribution in [2.75, 3.05) is 26.2 Å². The van der Waals surface area contributed by atoms with Crippen molar-refractivity contribution in [3.8, 4) is 33.6 Å². The molecule has 2 aromatic heterocycles. The molecule has 3 aliphatic heterocycles. The van der Waals surface area contributed by atoms with E-state index in [1.54, 1.807) is 4.90 Å². The van der Waals surface area contributed by atoms with Crippen molar-refractivity contribution in [2.24, 2.45) is 0 Å². The van der Waals surface area contributed by atoms with Crippen LogP contribution in [0.4, 0.5) is 0 Å². The fraction of sp³-hybridized carbons (Fsp3) is 0.327. The molecular weight excluding hydrogens is 751 g/mol. The van der Waals surface area contributed by atoms with Gasteiger partial charge in [0.15, 0.2) is 0 Å². The van der Waals surface area contributed by atoms with Crippen LogP contribution in [0, 0.1) is 0 Å². The molecule has 0 saturated carbocycles. The Labute approximate surface area is 350 Å². The molecule has 3 saturated heterocycles. The average molecular weight is 802 g/mol. The highest BCUT2D eigenvalue weighted by atomic mass is 16.4. The molecule has 6 aromatic rings. The van der Waals surface area contributed by atoms with Crippen molar-refractivity contribution in [1.29, 1.82) is 0 Å². The maximum atomic E-state index is 14.4. The Morgan fingerprint density at radius 2 is 1.03 bits per heavy atom. The third-order valence-corrected chi connectivity index (χ3v) is 12.6. The number of carbonyl (C=O) groups is 3. The van der Waals surface area contributed by atoms with E-state index in [1.165, 1.54) is 6.42 Å². The lowest BCUT2D eigenvalue weighted by Crippen LogP contribution is -2.44. The topological polar surface area (TPSA) is 139 Å². The maximum absolute atomic E-state index is 14.4. The Kier molecular flexibility index (Phi) is 11.4. The Balaban J connectivity index is 0.861. The SMILES string of the molecule is O=C(O)C[C@H](C(=O)N1CCC[C@H]1c1ncc(-c2ccc(-c3ccc(-c4cnc([C@@H]5CCCN5C(=O)[C@@H](c5ccccc5)N5CCCCC5)[nH]4)cc3)cc2)[nH]1)c1ccccc1. The number of carboxylic acid groups (broad SMARTS) is 1. The van der Waals surface area contributed by atoms with Crippen molar-refractivity contribution in [2.45, 2.75) is 75.4 Å². The van der Waals surface area contributed by atoms with Crippen LogP contribution in [-0.2, 0) is 14.4 Å². The fourth-order valence-corrected chi connectivity index (χ4v) is 9.51. The van der Waals surface area contributed by atoms with E-state index in [-0.39, 0.29) is 36.4 Å². The number of piperidine rings is 1. The standard InChI is InChI=1S/C49H51N7O4/c57-44(58)30-39(35-12-4-1-5-13-35)48(59)55-28-10-16-42(55)46-50-31-40(52-46)36-22-18-33(19-23-36)34-20-24-37(25-21-34)41-32-51-47(53-41)43-17-11-29-56(43)49(60)45(38-14-6-2-7-15-38)54-26-8-3-9-27-54/h1-2,4-7,12-15,18-25,31-32,39,42-43,45H,3,8-11,16-17,26-30H2,(H,50,52)(H,51,53)(H,57,58)/t39-,42-,43-,45+/m0/s1. The first-order valence-corrected chi connectivity index (χ1v) is 21.4. The zero-order valence-electron chi connectivity index (χ0n) is 33.7. The number of benzene rings is 4. The molecule has 3 fully saturated rings. The summed E-state index contributed by atoms with van der Waals surface area (Å²) in [5, 5.41) is 9.62. The minimum atomic E-state index is -0.999. The van der Waals surface area contributed by atoms with Gasteiger partial charge in [-0.1, -0.05) is 116 Å². The molecule has 60 heavy (non-hydrogen) atoms. The number of H-pyrrole nitrogens is 2. The van der Waals surface area contributed by atoms with Crippen molar-refractivity contribution in [1.82, 2.24) is 34.6 Å². The quantitative estimate of drug-likeness (QED) is 0.112. The normalized spacial score (nSPS) is 19.3. The number of carbonyl (C=O) groups excluding carboxylic acids is 2. The van der Waals surface area contributed by atoms with Gasteiger partial charge in [0.05, 0.1) is 48.2 Å². The maximum Gasteiger partial charge on any atom is 0.304 e. The number of nitrogens with zero attached hydrogens (tertiary/aromatic N) is 5. The van der Waals surface area contributed by atoms with Crippen LogP contribution in [0.3, 0.4) is 0 Å². The van der Waals surface area contributed by atoms with Gasteiger partial charge in [-0.3, -0.25) is 19.3 Å². The molecule has 3 N–H and O–H groups in total. The molecule has 3 aliphatic rings. The molecule has 11 heteroatoms. The van der Waals surface area contributed by atoms with Crippen molar-refractivity contribution in [3.05, 3.63) is 144 Å². The Morgan fingerprint density at radius 3 is 1.53 bits per heavy atom. The first-order valence-electron chi connectivity index (χ1n) is 21.4. The predicted molar refractivity (Wildman–Crippen MR) is 230 cm³/mol. The first-order chi connectivity index (χ1) is 29.4. The lowest BCUT2D eigenvalue weighted by molar-refractivity contribution is -0.142. The number of aromatic nitrogens is 4. The van der Waals surface area contributed by atoms with Crippen LogP contribution < -0.4 is 0 Å². The lowest BCUT2D eigenvalue weighted by Gasteiger charge is -2.37. The van der Waals surface area contributed by atoms with Crippen molar-refractivity contribution >= 4 is 17.8 Å². The van der Waals surface area contributed by atoms with Crippen LogP contribution in [0.1, 0.15) is 98.2 Å². The second-order valence-electron chi connectivity index (χ2n) is 16.4. The summed E-state index contributed by atoms with van der Waals surface area (Å²) in [7, 11) is 0. The predicted octanol–water partition coefficient (Wildman–Crippen LogP) is 8.95. The Morgan fingerprint density at radius 1 is 0.567 bits per heavy atom. The van der Waals surface area contributed by atoms with Crippen LogP contribution in [-0.4, -0.2) is 83.7 Å². The van der Waals surface area contributed by atoms with Crippen LogP contribution in [0.5, 0.6) is 0 Å². The van der Waals surface area contributed by atoms with E-state index in [0.29, 0.717) is 17.9 Å². The molecule has 4 atom stereocenters. The minimum absolute atomic E-state index is 0.0820. The number of aromatic amines is 2. The van der Waals surface area contributed by atoms with E-state index in [0.717, 1.165) is 103 Å². The summed E-state index contributed by atoms with van der Waals surface area (Å²) in [5.74, 6) is -0.210. The van der Waals surface area contributed by atoms with E-state index in [1.807, 2.05) is 60.9 Å². The van der Waals surface area contributed by atoms with E-state index in [2.05, 4.69) is 80.4 Å². The van der Waals surface area contributed by atoms with Gasteiger partial charge in [0, 0.05) is 13.1 Å².